The number of nitrogens with zero attached hydrogens (tertiary/aromatic N) is 2. The lowest BCUT2D eigenvalue weighted by atomic mass is 10.1. The Morgan fingerprint density at radius 2 is 1.37 bits per heavy atom. The highest BCUT2D eigenvalue weighted by atomic mass is 16.4. The summed E-state index contributed by atoms with van der Waals surface area (Å²) in [6.07, 6.45) is 0. The number of carbonyl (C=O) groups is 2. The first-order valence-electron chi connectivity index (χ1n) is 8.43. The van der Waals surface area contributed by atoms with Gasteiger partial charge in [-0.1, -0.05) is 48.5 Å². The number of aliphatic carboxylic acids is 2. The number of aromatic hydroxyl groups is 1. The van der Waals surface area contributed by atoms with E-state index in [-0.39, 0.29) is 0 Å². The van der Waals surface area contributed by atoms with Crippen LogP contribution >= 0.6 is 0 Å². The van der Waals surface area contributed by atoms with Crippen molar-refractivity contribution in [3.63, 3.8) is 0 Å². The highest BCUT2D eigenvalue weighted by Crippen LogP contribution is 2.18. The summed E-state index contributed by atoms with van der Waals surface area (Å²) >= 11 is 0. The minimum absolute atomic E-state index is 0.375. The molecular weight excluding hydrogens is 348 g/mol. The van der Waals surface area contributed by atoms with Crippen molar-refractivity contribution in [3.05, 3.63) is 65.7 Å². The number of rotatable bonds is 7. The third-order valence-corrected chi connectivity index (χ3v) is 3.68. The minimum Gasteiger partial charge on any atom is -0.508 e. The van der Waals surface area contributed by atoms with Crippen LogP contribution in [0.1, 0.15) is 11.1 Å². The van der Waals surface area contributed by atoms with Crippen LogP contribution in [0.15, 0.2) is 54.6 Å². The molecule has 0 fully saturated rings. The second-order valence-electron chi connectivity index (χ2n) is 6.24. The summed E-state index contributed by atoms with van der Waals surface area (Å²) in [4.78, 5) is 22.7. The lowest BCUT2D eigenvalue weighted by Crippen LogP contribution is -2.31. The van der Waals surface area contributed by atoms with Gasteiger partial charge < -0.3 is 20.2 Å². The monoisotopic (exact) mass is 374 g/mol. The molecule has 0 aliphatic carbocycles. The largest absolute Gasteiger partial charge is 0.508 e. The fraction of sp³-hybridized carbons (Fsp3) is 0.300. The van der Waals surface area contributed by atoms with Crippen LogP contribution in [-0.4, -0.2) is 64.2 Å². The predicted octanol–water partition coefficient (Wildman–Crippen LogP) is 2.11. The van der Waals surface area contributed by atoms with Gasteiger partial charge in [0, 0.05) is 31.7 Å². The summed E-state index contributed by atoms with van der Waals surface area (Å²) in [7, 11) is 4.17. The fourth-order valence-corrected chi connectivity index (χ4v) is 2.28. The molecule has 2 aromatic rings. The Bertz CT molecular complexity index is 707. The zero-order valence-corrected chi connectivity index (χ0v) is 15.6. The van der Waals surface area contributed by atoms with E-state index in [0.29, 0.717) is 5.75 Å². The van der Waals surface area contributed by atoms with Gasteiger partial charge in [-0.05, 0) is 25.7 Å². The zero-order valence-electron chi connectivity index (χ0n) is 15.6. The highest BCUT2D eigenvalue weighted by molar-refractivity contribution is 6.27. The van der Waals surface area contributed by atoms with Crippen molar-refractivity contribution in [2.45, 2.75) is 13.1 Å². The molecule has 0 aliphatic rings. The summed E-state index contributed by atoms with van der Waals surface area (Å²) in [5, 5.41) is 24.7. The summed E-state index contributed by atoms with van der Waals surface area (Å²) < 4.78 is 0. The Labute approximate surface area is 159 Å². The number of carboxylic acids is 2. The Hall–Kier alpha value is -2.90. The van der Waals surface area contributed by atoms with Gasteiger partial charge in [-0.2, -0.15) is 0 Å². The van der Waals surface area contributed by atoms with Gasteiger partial charge in [0.2, 0.25) is 0 Å². The van der Waals surface area contributed by atoms with Crippen LogP contribution in [0.3, 0.4) is 0 Å². The molecule has 27 heavy (non-hydrogen) atoms. The van der Waals surface area contributed by atoms with Crippen molar-refractivity contribution in [1.29, 1.82) is 0 Å². The lowest BCUT2D eigenvalue weighted by Gasteiger charge is -2.24. The topological polar surface area (TPSA) is 101 Å². The first kappa shape index (κ1) is 22.1. The first-order valence-corrected chi connectivity index (χ1v) is 8.43. The van der Waals surface area contributed by atoms with Gasteiger partial charge in [-0.25, -0.2) is 9.59 Å². The average Bonchev–Trinajstić information content (AvgIpc) is 2.63. The minimum atomic E-state index is -1.82. The molecule has 146 valence electrons. The predicted molar refractivity (Wildman–Crippen MR) is 102 cm³/mol. The number of carboxylic acid groups (broad SMARTS) is 2. The summed E-state index contributed by atoms with van der Waals surface area (Å²) in [6.45, 7) is 3.62. The molecule has 0 aliphatic heterocycles. The van der Waals surface area contributed by atoms with Crippen LogP contribution in [0.4, 0.5) is 0 Å². The highest BCUT2D eigenvalue weighted by Gasteiger charge is 2.10. The van der Waals surface area contributed by atoms with Gasteiger partial charge in [0.15, 0.2) is 0 Å². The molecule has 2 rings (SSSR count). The van der Waals surface area contributed by atoms with Crippen molar-refractivity contribution in [2.75, 3.05) is 27.2 Å². The number of para-hydroxylation sites is 1. The number of hydrogen-bond acceptors (Lipinski definition) is 5. The van der Waals surface area contributed by atoms with Crippen molar-refractivity contribution in [1.82, 2.24) is 9.80 Å². The molecule has 0 atom stereocenters. The molecule has 0 unspecified atom stereocenters. The van der Waals surface area contributed by atoms with Crippen LogP contribution in [0, 0.1) is 0 Å². The number of phenols is 1. The summed E-state index contributed by atoms with van der Waals surface area (Å²) in [6, 6.07) is 18.0. The van der Waals surface area contributed by atoms with Crippen LogP contribution in [0.2, 0.25) is 0 Å². The van der Waals surface area contributed by atoms with Crippen LogP contribution < -0.4 is 0 Å². The molecule has 0 spiro atoms. The van der Waals surface area contributed by atoms with Gasteiger partial charge in [-0.3, -0.25) is 4.90 Å². The molecule has 0 heterocycles. The smallest absolute Gasteiger partial charge is 0.414 e. The molecular formula is C20H26N2O5. The Morgan fingerprint density at radius 3 is 1.89 bits per heavy atom. The van der Waals surface area contributed by atoms with E-state index in [9.17, 15) is 5.11 Å². The van der Waals surface area contributed by atoms with Crippen LogP contribution in [0.25, 0.3) is 0 Å². The Morgan fingerprint density at radius 1 is 0.815 bits per heavy atom. The van der Waals surface area contributed by atoms with E-state index in [1.807, 2.05) is 24.3 Å². The Kier molecular flexibility index (Phi) is 9.57. The maximum absolute atomic E-state index is 9.97. The van der Waals surface area contributed by atoms with Crippen LogP contribution in [0.5, 0.6) is 5.75 Å². The standard InChI is InChI=1S/C18H24N2O.C2H2O4/c1-19(2)12-13-20(14-16-8-4-3-5-9-16)15-17-10-6-7-11-18(17)21;3-1(4)2(5)6/h3-11,21H,12-15H2,1-2H3;(H,3,4)(H,5,6). The van der Waals surface area contributed by atoms with Gasteiger partial charge in [-0.15, -0.1) is 0 Å². The van der Waals surface area contributed by atoms with E-state index < -0.39 is 11.9 Å². The van der Waals surface area contributed by atoms with Crippen LogP contribution in [-0.2, 0) is 22.7 Å². The van der Waals surface area contributed by atoms with Crippen molar-refractivity contribution in [2.24, 2.45) is 0 Å². The number of likely N-dealkylation sites (N-methyl/N-ethyl adjacent to an activating group) is 1. The third-order valence-electron chi connectivity index (χ3n) is 3.68. The third kappa shape index (κ3) is 9.39. The van der Waals surface area contributed by atoms with E-state index >= 15 is 0 Å². The molecule has 0 bridgehead atoms. The normalized spacial score (nSPS) is 10.4. The maximum Gasteiger partial charge on any atom is 0.414 e. The Balaban J connectivity index is 0.000000527. The SMILES string of the molecule is CN(C)CCN(Cc1ccccc1)Cc1ccccc1O.O=C(O)C(=O)O. The molecule has 0 radical (unpaired) electrons. The lowest BCUT2D eigenvalue weighted by molar-refractivity contribution is -0.159. The van der Waals surface area contributed by atoms with Gasteiger partial charge >= 0.3 is 11.9 Å². The maximum atomic E-state index is 9.97. The quantitative estimate of drug-likeness (QED) is 0.638. The van der Waals surface area contributed by atoms with E-state index in [1.54, 1.807) is 6.07 Å². The second kappa shape index (κ2) is 11.7. The van der Waals surface area contributed by atoms with Gasteiger partial charge in [0.05, 0.1) is 0 Å². The molecule has 7 heteroatoms. The number of benzene rings is 2. The second-order valence-corrected chi connectivity index (χ2v) is 6.24. The van der Waals surface area contributed by atoms with Crippen molar-refractivity contribution < 1.29 is 24.9 Å². The average molecular weight is 374 g/mol. The molecule has 3 N–H and O–H groups in total. The van der Waals surface area contributed by atoms with E-state index in [0.717, 1.165) is 31.7 Å². The van der Waals surface area contributed by atoms with E-state index in [2.05, 4.69) is 48.2 Å². The molecule has 0 amide bonds. The van der Waals surface area contributed by atoms with E-state index in [1.165, 1.54) is 5.56 Å². The zero-order chi connectivity index (χ0) is 20.2. The molecule has 2 aromatic carbocycles. The molecule has 7 nitrogen and oxygen atoms in total. The molecule has 0 saturated carbocycles. The molecule has 0 aromatic heterocycles. The van der Waals surface area contributed by atoms with Gasteiger partial charge in [0.1, 0.15) is 5.75 Å². The number of phenolic OH excluding ortho intramolecular Hbond substituents is 1. The number of hydrogen-bond donors (Lipinski definition) is 3. The fourth-order valence-electron chi connectivity index (χ4n) is 2.28. The first-order chi connectivity index (χ1) is 12.8. The van der Waals surface area contributed by atoms with Crippen molar-refractivity contribution in [3.8, 4) is 5.75 Å². The molecule has 0 saturated heterocycles. The van der Waals surface area contributed by atoms with Gasteiger partial charge in [0.25, 0.3) is 0 Å². The van der Waals surface area contributed by atoms with Crippen molar-refractivity contribution >= 4 is 11.9 Å². The summed E-state index contributed by atoms with van der Waals surface area (Å²) in [5.41, 5.74) is 2.28. The van der Waals surface area contributed by atoms with E-state index in [4.69, 9.17) is 19.8 Å². The summed E-state index contributed by atoms with van der Waals surface area (Å²) in [5.74, 6) is -3.27.